The van der Waals surface area contributed by atoms with Crippen molar-refractivity contribution < 1.29 is 0 Å². The predicted molar refractivity (Wildman–Crippen MR) is 113 cm³/mol. The van der Waals surface area contributed by atoms with Crippen molar-refractivity contribution in [2.24, 2.45) is 0 Å². The van der Waals surface area contributed by atoms with E-state index in [0.29, 0.717) is 0 Å². The highest BCUT2D eigenvalue weighted by atomic mass is 32.1. The Labute approximate surface area is 163 Å². The van der Waals surface area contributed by atoms with Crippen molar-refractivity contribution >= 4 is 22.6 Å². The maximum atomic E-state index is 4.92. The van der Waals surface area contributed by atoms with Crippen molar-refractivity contribution in [3.05, 3.63) is 71.4 Å². The number of nitrogens with zero attached hydrogens (tertiary/aromatic N) is 3. The zero-order valence-electron chi connectivity index (χ0n) is 15.4. The molecular formula is C23H21N3S. The Morgan fingerprint density at radius 2 is 1.85 bits per heavy atom. The molecule has 27 heavy (non-hydrogen) atoms. The number of benzene rings is 1. The standard InChI is InChI=1S/C23H21N3S/c1-16-22(23-25-20(15-27-23)18-10-6-3-7-11-18)26-14-19(12-13-21(26)24-16)17-8-4-2-5-9-17/h3,6-8,10-15H,2,4-5,9H2,1H3. The van der Waals surface area contributed by atoms with E-state index in [-0.39, 0.29) is 0 Å². The van der Waals surface area contributed by atoms with Gasteiger partial charge in [-0.25, -0.2) is 9.97 Å². The zero-order valence-corrected chi connectivity index (χ0v) is 16.2. The van der Waals surface area contributed by atoms with Gasteiger partial charge in [-0.2, -0.15) is 0 Å². The molecule has 134 valence electrons. The van der Waals surface area contributed by atoms with E-state index in [1.807, 2.05) is 6.07 Å². The number of pyridine rings is 1. The molecule has 3 nitrogen and oxygen atoms in total. The van der Waals surface area contributed by atoms with Crippen molar-refractivity contribution in [3.63, 3.8) is 0 Å². The molecule has 4 heteroatoms. The minimum atomic E-state index is 0.985. The highest BCUT2D eigenvalue weighted by molar-refractivity contribution is 7.13. The number of allylic oxidation sites excluding steroid dienone is 2. The molecule has 0 amide bonds. The summed E-state index contributed by atoms with van der Waals surface area (Å²) in [4.78, 5) is 9.69. The van der Waals surface area contributed by atoms with Gasteiger partial charge < -0.3 is 0 Å². The molecule has 0 fully saturated rings. The molecule has 0 saturated carbocycles. The van der Waals surface area contributed by atoms with Gasteiger partial charge in [-0.05, 0) is 55.9 Å². The quantitative estimate of drug-likeness (QED) is 0.418. The number of hydrogen-bond donors (Lipinski definition) is 0. The first kappa shape index (κ1) is 16.5. The van der Waals surface area contributed by atoms with Crippen LogP contribution < -0.4 is 0 Å². The summed E-state index contributed by atoms with van der Waals surface area (Å²) in [6.07, 6.45) is 9.59. The van der Waals surface area contributed by atoms with Gasteiger partial charge >= 0.3 is 0 Å². The van der Waals surface area contributed by atoms with E-state index < -0.39 is 0 Å². The molecule has 3 aromatic heterocycles. The molecule has 1 aromatic carbocycles. The summed E-state index contributed by atoms with van der Waals surface area (Å²) in [6.45, 7) is 2.07. The highest BCUT2D eigenvalue weighted by Gasteiger charge is 2.16. The van der Waals surface area contributed by atoms with E-state index >= 15 is 0 Å². The Hall–Kier alpha value is -2.72. The molecule has 5 rings (SSSR count). The highest BCUT2D eigenvalue weighted by Crippen LogP contribution is 2.33. The Balaban J connectivity index is 1.61. The van der Waals surface area contributed by atoms with Crippen LogP contribution in [0.4, 0.5) is 0 Å². The van der Waals surface area contributed by atoms with Crippen LogP contribution in [0.3, 0.4) is 0 Å². The molecule has 1 aliphatic carbocycles. The average Bonchev–Trinajstić information content (AvgIpc) is 3.32. The number of imidazole rings is 1. The minimum absolute atomic E-state index is 0.985. The summed E-state index contributed by atoms with van der Waals surface area (Å²) < 4.78 is 2.22. The lowest BCUT2D eigenvalue weighted by atomic mass is 9.95. The molecule has 0 spiro atoms. The second kappa shape index (κ2) is 6.78. The van der Waals surface area contributed by atoms with Gasteiger partial charge in [0.2, 0.25) is 0 Å². The van der Waals surface area contributed by atoms with Gasteiger partial charge in [0, 0.05) is 17.1 Å². The van der Waals surface area contributed by atoms with Crippen LogP contribution in [0.2, 0.25) is 0 Å². The fraction of sp³-hybridized carbons (Fsp3) is 0.217. The van der Waals surface area contributed by atoms with Crippen molar-refractivity contribution in [3.8, 4) is 22.0 Å². The normalized spacial score (nSPS) is 14.5. The van der Waals surface area contributed by atoms with Gasteiger partial charge in [-0.3, -0.25) is 4.40 Å². The number of rotatable bonds is 3. The van der Waals surface area contributed by atoms with E-state index in [1.165, 1.54) is 36.8 Å². The molecular weight excluding hydrogens is 350 g/mol. The van der Waals surface area contributed by atoms with Crippen LogP contribution >= 0.6 is 11.3 Å². The summed E-state index contributed by atoms with van der Waals surface area (Å²) in [5.41, 5.74) is 8.06. The van der Waals surface area contributed by atoms with Crippen LogP contribution in [-0.2, 0) is 0 Å². The Morgan fingerprint density at radius 1 is 0.963 bits per heavy atom. The molecule has 0 bridgehead atoms. The van der Waals surface area contributed by atoms with E-state index in [2.05, 4.69) is 65.4 Å². The van der Waals surface area contributed by atoms with Crippen LogP contribution in [0, 0.1) is 6.92 Å². The minimum Gasteiger partial charge on any atom is -0.297 e. The lowest BCUT2D eigenvalue weighted by Crippen LogP contribution is -1.96. The smallest absolute Gasteiger partial charge is 0.142 e. The fourth-order valence-electron chi connectivity index (χ4n) is 3.83. The van der Waals surface area contributed by atoms with E-state index in [1.54, 1.807) is 11.3 Å². The second-order valence-electron chi connectivity index (χ2n) is 7.07. The third-order valence-corrected chi connectivity index (χ3v) is 6.08. The molecule has 0 unspecified atom stereocenters. The lowest BCUT2D eigenvalue weighted by Gasteiger charge is -2.13. The zero-order chi connectivity index (χ0) is 18.2. The first-order valence-corrected chi connectivity index (χ1v) is 10.4. The maximum Gasteiger partial charge on any atom is 0.142 e. The van der Waals surface area contributed by atoms with E-state index in [9.17, 15) is 0 Å². The molecule has 1 aliphatic rings. The molecule has 0 radical (unpaired) electrons. The first-order chi connectivity index (χ1) is 13.3. The molecule has 3 heterocycles. The van der Waals surface area contributed by atoms with Gasteiger partial charge in [0.1, 0.15) is 16.3 Å². The third-order valence-electron chi connectivity index (χ3n) is 5.23. The molecule has 4 aromatic rings. The van der Waals surface area contributed by atoms with Crippen molar-refractivity contribution in [1.29, 1.82) is 0 Å². The Bertz CT molecular complexity index is 1140. The van der Waals surface area contributed by atoms with Crippen LogP contribution in [0.5, 0.6) is 0 Å². The second-order valence-corrected chi connectivity index (χ2v) is 7.93. The largest absolute Gasteiger partial charge is 0.297 e. The van der Waals surface area contributed by atoms with Gasteiger partial charge in [-0.15, -0.1) is 11.3 Å². The SMILES string of the molecule is Cc1nc2ccc(C3=CCCCC3)cn2c1-c1nc(-c2ccccc2)cs1. The number of aryl methyl sites for hydroxylation is 1. The summed E-state index contributed by atoms with van der Waals surface area (Å²) in [7, 11) is 0. The fourth-order valence-corrected chi connectivity index (χ4v) is 4.76. The van der Waals surface area contributed by atoms with Crippen LogP contribution in [0.1, 0.15) is 36.9 Å². The number of fused-ring (bicyclic) bond motifs is 1. The van der Waals surface area contributed by atoms with Gasteiger partial charge in [0.05, 0.1) is 11.4 Å². The maximum absolute atomic E-state index is 4.92. The topological polar surface area (TPSA) is 30.2 Å². The summed E-state index contributed by atoms with van der Waals surface area (Å²) in [6, 6.07) is 14.7. The van der Waals surface area contributed by atoms with Crippen LogP contribution in [-0.4, -0.2) is 14.4 Å². The van der Waals surface area contributed by atoms with Crippen LogP contribution in [0.25, 0.3) is 33.2 Å². The molecule has 0 saturated heterocycles. The summed E-state index contributed by atoms with van der Waals surface area (Å²) in [5, 5.41) is 3.16. The third kappa shape index (κ3) is 3.00. The molecule has 0 atom stereocenters. The summed E-state index contributed by atoms with van der Waals surface area (Å²) in [5.74, 6) is 0. The van der Waals surface area contributed by atoms with Crippen molar-refractivity contribution in [1.82, 2.24) is 14.4 Å². The Morgan fingerprint density at radius 3 is 2.67 bits per heavy atom. The molecule has 0 aliphatic heterocycles. The van der Waals surface area contributed by atoms with Crippen molar-refractivity contribution in [2.75, 3.05) is 0 Å². The van der Waals surface area contributed by atoms with Gasteiger partial charge in [0.25, 0.3) is 0 Å². The van der Waals surface area contributed by atoms with Gasteiger partial charge in [-0.1, -0.05) is 36.4 Å². The van der Waals surface area contributed by atoms with Gasteiger partial charge in [0.15, 0.2) is 0 Å². The van der Waals surface area contributed by atoms with Crippen LogP contribution in [0.15, 0.2) is 60.1 Å². The first-order valence-electron chi connectivity index (χ1n) is 9.49. The number of hydrogen-bond acceptors (Lipinski definition) is 3. The van der Waals surface area contributed by atoms with E-state index in [4.69, 9.17) is 9.97 Å². The molecule has 0 N–H and O–H groups in total. The van der Waals surface area contributed by atoms with Crippen molar-refractivity contribution in [2.45, 2.75) is 32.6 Å². The predicted octanol–water partition coefficient (Wildman–Crippen LogP) is 6.39. The lowest BCUT2D eigenvalue weighted by molar-refractivity contribution is 0.741. The monoisotopic (exact) mass is 371 g/mol. The average molecular weight is 372 g/mol. The summed E-state index contributed by atoms with van der Waals surface area (Å²) >= 11 is 1.69. The van der Waals surface area contributed by atoms with E-state index in [0.717, 1.165) is 33.3 Å². The number of thiazole rings is 1. The Kier molecular flexibility index (Phi) is 4.13. The number of aromatic nitrogens is 3.